The Kier molecular flexibility index (Phi) is 3.27. The minimum atomic E-state index is -0.198. The van der Waals surface area contributed by atoms with Crippen LogP contribution in [0, 0.1) is 0 Å². The molecule has 0 aliphatic rings. The Morgan fingerprint density at radius 1 is 1.39 bits per heavy atom. The highest BCUT2D eigenvalue weighted by atomic mass is 16.5. The second-order valence-electron chi connectivity index (χ2n) is 3.66. The summed E-state index contributed by atoms with van der Waals surface area (Å²) >= 11 is 0. The Balaban J connectivity index is 2.77. The molecule has 0 fully saturated rings. The first kappa shape index (κ1) is 12.1. The van der Waals surface area contributed by atoms with Crippen LogP contribution in [0.1, 0.15) is 0 Å². The molecule has 0 atom stereocenters. The minimum absolute atomic E-state index is 0.198. The van der Waals surface area contributed by atoms with Gasteiger partial charge in [0.15, 0.2) is 11.2 Å². The van der Waals surface area contributed by atoms with Gasteiger partial charge in [-0.1, -0.05) is 12.2 Å². The zero-order valence-electron chi connectivity index (χ0n) is 10.2. The van der Waals surface area contributed by atoms with E-state index in [1.165, 1.54) is 11.7 Å². The van der Waals surface area contributed by atoms with Crippen LogP contribution in [0.3, 0.4) is 0 Å². The largest absolute Gasteiger partial charge is 0.468 e. The van der Waals surface area contributed by atoms with E-state index in [4.69, 9.17) is 4.74 Å². The predicted molar refractivity (Wildman–Crippen MR) is 68.7 cm³/mol. The second-order valence-corrected chi connectivity index (χ2v) is 3.66. The molecule has 0 bridgehead atoms. The van der Waals surface area contributed by atoms with E-state index < -0.39 is 0 Å². The molecular weight excluding hydrogens is 232 g/mol. The molecule has 0 spiro atoms. The van der Waals surface area contributed by atoms with Gasteiger partial charge in [-0.15, -0.1) is 13.2 Å². The average molecular weight is 246 g/mol. The van der Waals surface area contributed by atoms with Gasteiger partial charge in [0.1, 0.15) is 0 Å². The molecule has 6 heteroatoms. The lowest BCUT2D eigenvalue weighted by Crippen LogP contribution is -2.24. The van der Waals surface area contributed by atoms with Gasteiger partial charge in [0.05, 0.1) is 13.4 Å². The van der Waals surface area contributed by atoms with E-state index in [0.29, 0.717) is 24.3 Å². The zero-order valence-corrected chi connectivity index (χ0v) is 10.2. The number of ether oxygens (including phenoxy) is 1. The number of methoxy groups -OCH3 is 1. The summed E-state index contributed by atoms with van der Waals surface area (Å²) in [7, 11) is 1.47. The highest BCUT2D eigenvalue weighted by Crippen LogP contribution is 2.11. The first-order valence-corrected chi connectivity index (χ1v) is 5.44. The predicted octanol–water partition coefficient (Wildman–Crippen LogP) is 0.974. The van der Waals surface area contributed by atoms with E-state index >= 15 is 0 Å². The number of hydrogen-bond acceptors (Lipinski definition) is 4. The van der Waals surface area contributed by atoms with Crippen LogP contribution in [0.25, 0.3) is 11.2 Å². The molecule has 0 unspecified atom stereocenters. The van der Waals surface area contributed by atoms with Gasteiger partial charge in [-0.3, -0.25) is 9.36 Å². The third-order valence-corrected chi connectivity index (χ3v) is 2.52. The van der Waals surface area contributed by atoms with Gasteiger partial charge in [0.25, 0.3) is 5.56 Å². The third-order valence-electron chi connectivity index (χ3n) is 2.52. The number of imidazole rings is 1. The number of hydrogen-bond donors (Lipinski definition) is 0. The summed E-state index contributed by atoms with van der Waals surface area (Å²) in [4.78, 5) is 20.7. The monoisotopic (exact) mass is 246 g/mol. The molecule has 0 saturated carbocycles. The standard InChI is InChI=1S/C12H14N4O2/c1-4-6-15-8-13-10-9(15)11(17)16(7-5-2)12(14-10)18-3/h4-5,8H,1-2,6-7H2,3H3. The van der Waals surface area contributed by atoms with Crippen LogP contribution in [0.2, 0.25) is 0 Å². The van der Waals surface area contributed by atoms with Crippen LogP contribution in [-0.4, -0.2) is 26.2 Å². The van der Waals surface area contributed by atoms with Crippen LogP contribution in [0.4, 0.5) is 0 Å². The lowest BCUT2D eigenvalue weighted by Gasteiger charge is -2.08. The number of aromatic nitrogens is 4. The Labute approximate surface area is 104 Å². The lowest BCUT2D eigenvalue weighted by atomic mass is 10.4. The molecule has 2 heterocycles. The maximum atomic E-state index is 12.4. The van der Waals surface area contributed by atoms with Crippen molar-refractivity contribution < 1.29 is 4.74 Å². The molecule has 0 aromatic carbocycles. The summed E-state index contributed by atoms with van der Waals surface area (Å²) in [5.41, 5.74) is 0.618. The first-order chi connectivity index (χ1) is 8.72. The van der Waals surface area contributed by atoms with Gasteiger partial charge in [0.2, 0.25) is 0 Å². The van der Waals surface area contributed by atoms with Crippen LogP contribution >= 0.6 is 0 Å². The van der Waals surface area contributed by atoms with Crippen molar-refractivity contribution in [2.45, 2.75) is 13.1 Å². The number of rotatable bonds is 5. The Morgan fingerprint density at radius 3 is 2.72 bits per heavy atom. The van der Waals surface area contributed by atoms with Gasteiger partial charge in [-0.2, -0.15) is 4.98 Å². The summed E-state index contributed by atoms with van der Waals surface area (Å²) in [5, 5.41) is 0. The van der Waals surface area contributed by atoms with Gasteiger partial charge in [-0.25, -0.2) is 4.98 Å². The van der Waals surface area contributed by atoms with Crippen LogP contribution in [0.5, 0.6) is 6.01 Å². The fourth-order valence-electron chi connectivity index (χ4n) is 1.76. The normalized spacial score (nSPS) is 10.5. The van der Waals surface area contributed by atoms with Crippen LogP contribution in [-0.2, 0) is 13.1 Å². The molecule has 0 aliphatic heterocycles. The molecule has 0 amide bonds. The maximum Gasteiger partial charge on any atom is 0.301 e. The summed E-state index contributed by atoms with van der Waals surface area (Å²) in [6.45, 7) is 8.11. The van der Waals surface area contributed by atoms with Crippen molar-refractivity contribution in [2.75, 3.05) is 7.11 Å². The van der Waals surface area contributed by atoms with E-state index in [-0.39, 0.29) is 11.6 Å². The summed E-state index contributed by atoms with van der Waals surface area (Å²) in [6.07, 6.45) is 4.88. The molecule has 2 aromatic rings. The van der Waals surface area contributed by atoms with Gasteiger partial charge >= 0.3 is 6.01 Å². The highest BCUT2D eigenvalue weighted by molar-refractivity contribution is 5.70. The fourth-order valence-corrected chi connectivity index (χ4v) is 1.76. The summed E-state index contributed by atoms with van der Waals surface area (Å²) < 4.78 is 8.21. The molecule has 0 N–H and O–H groups in total. The highest BCUT2D eigenvalue weighted by Gasteiger charge is 2.14. The number of nitrogens with zero attached hydrogens (tertiary/aromatic N) is 4. The van der Waals surface area contributed by atoms with E-state index in [9.17, 15) is 4.79 Å². The van der Waals surface area contributed by atoms with Gasteiger partial charge < -0.3 is 9.30 Å². The SMILES string of the molecule is C=CCn1c(OC)nc2ncn(CC=C)c2c1=O. The van der Waals surface area contributed by atoms with Crippen molar-refractivity contribution >= 4 is 11.2 Å². The number of allylic oxidation sites excluding steroid dienone is 2. The second kappa shape index (κ2) is 4.87. The van der Waals surface area contributed by atoms with E-state index in [1.807, 2.05) is 0 Å². The van der Waals surface area contributed by atoms with Crippen molar-refractivity contribution in [1.29, 1.82) is 0 Å². The molecule has 0 radical (unpaired) electrons. The lowest BCUT2D eigenvalue weighted by molar-refractivity contribution is 0.354. The van der Waals surface area contributed by atoms with Crippen molar-refractivity contribution in [3.05, 3.63) is 42.0 Å². The smallest absolute Gasteiger partial charge is 0.301 e. The van der Waals surface area contributed by atoms with Crippen molar-refractivity contribution in [2.24, 2.45) is 0 Å². The fraction of sp³-hybridized carbons (Fsp3) is 0.250. The van der Waals surface area contributed by atoms with Crippen molar-refractivity contribution in [3.63, 3.8) is 0 Å². The van der Waals surface area contributed by atoms with Gasteiger partial charge in [0, 0.05) is 13.1 Å². The number of fused-ring (bicyclic) bond motifs is 1. The summed E-state index contributed by atoms with van der Waals surface area (Å²) in [5.74, 6) is 0. The Hall–Kier alpha value is -2.37. The van der Waals surface area contributed by atoms with Crippen LogP contribution in [0.15, 0.2) is 36.4 Å². The average Bonchev–Trinajstić information content (AvgIpc) is 2.76. The molecule has 0 saturated heterocycles. The minimum Gasteiger partial charge on any atom is -0.468 e. The van der Waals surface area contributed by atoms with E-state index in [0.717, 1.165) is 0 Å². The molecule has 0 aliphatic carbocycles. The van der Waals surface area contributed by atoms with Gasteiger partial charge in [-0.05, 0) is 0 Å². The summed E-state index contributed by atoms with van der Waals surface area (Å²) in [6, 6.07) is 0.233. The van der Waals surface area contributed by atoms with Crippen molar-refractivity contribution in [1.82, 2.24) is 19.1 Å². The van der Waals surface area contributed by atoms with E-state index in [1.54, 1.807) is 23.0 Å². The first-order valence-electron chi connectivity index (χ1n) is 5.44. The van der Waals surface area contributed by atoms with Crippen LogP contribution < -0.4 is 10.3 Å². The van der Waals surface area contributed by atoms with E-state index in [2.05, 4.69) is 23.1 Å². The molecule has 18 heavy (non-hydrogen) atoms. The Bertz CT molecular complexity index is 654. The maximum absolute atomic E-state index is 12.4. The molecule has 2 rings (SSSR count). The topological polar surface area (TPSA) is 61.9 Å². The zero-order chi connectivity index (χ0) is 13.1. The molecule has 94 valence electrons. The quantitative estimate of drug-likeness (QED) is 0.738. The molecule has 2 aromatic heterocycles. The third kappa shape index (κ3) is 1.81. The van der Waals surface area contributed by atoms with Crippen molar-refractivity contribution in [3.8, 4) is 6.01 Å². The Morgan fingerprint density at radius 2 is 2.11 bits per heavy atom. The molecular formula is C12H14N4O2. The molecule has 6 nitrogen and oxygen atoms in total.